The van der Waals surface area contributed by atoms with Crippen molar-refractivity contribution in [3.63, 3.8) is 0 Å². The third kappa shape index (κ3) is 6.05. The van der Waals surface area contributed by atoms with E-state index in [1.807, 2.05) is 35.2 Å². The third-order valence-electron chi connectivity index (χ3n) is 6.44. The smallest absolute Gasteiger partial charge is 0.244 e. The molecule has 2 heterocycles. The molecule has 2 fully saturated rings. The maximum atomic E-state index is 13.2. The Kier molecular flexibility index (Phi) is 7.18. The van der Waals surface area contributed by atoms with Gasteiger partial charge in [-0.2, -0.15) is 0 Å². The normalized spacial score (nSPS) is 19.8. The number of nitrogens with zero attached hydrogens (tertiary/aromatic N) is 1. The van der Waals surface area contributed by atoms with Gasteiger partial charge in [0, 0.05) is 25.7 Å². The monoisotopic (exact) mass is 454 g/mol. The van der Waals surface area contributed by atoms with E-state index >= 15 is 0 Å². The molecule has 0 aliphatic carbocycles. The van der Waals surface area contributed by atoms with Gasteiger partial charge in [0.25, 0.3) is 0 Å². The molecule has 2 aliphatic heterocycles. The second kappa shape index (κ2) is 10.3. The van der Waals surface area contributed by atoms with Gasteiger partial charge in [0.05, 0.1) is 18.1 Å². The van der Waals surface area contributed by atoms with E-state index in [-0.39, 0.29) is 23.5 Å². The number of rotatable bonds is 6. The fourth-order valence-electron chi connectivity index (χ4n) is 4.51. The van der Waals surface area contributed by atoms with Gasteiger partial charge >= 0.3 is 0 Å². The Hall–Kier alpha value is -3.06. The van der Waals surface area contributed by atoms with Crippen molar-refractivity contribution in [2.24, 2.45) is 0 Å². The largest absolute Gasteiger partial charge is 0.370 e. The zero-order chi connectivity index (χ0) is 23.3. The van der Waals surface area contributed by atoms with E-state index in [9.17, 15) is 18.4 Å². The highest BCUT2D eigenvalue weighted by atomic mass is 19.2. The minimum absolute atomic E-state index is 0.0721. The highest BCUT2D eigenvalue weighted by molar-refractivity contribution is 5.91. The van der Waals surface area contributed by atoms with Gasteiger partial charge in [-0.15, -0.1) is 0 Å². The SMILES string of the molecule is O=C(/C=C/c1ccc(F)c(F)c1)NC[C@H]1CCC2(CCN(C(=O)Cc3ccccc3)CC2)O1. The highest BCUT2D eigenvalue weighted by Gasteiger charge is 2.43. The maximum absolute atomic E-state index is 13.2. The van der Waals surface area contributed by atoms with Crippen molar-refractivity contribution in [3.8, 4) is 0 Å². The zero-order valence-electron chi connectivity index (χ0n) is 18.4. The molecule has 0 radical (unpaired) electrons. The quantitative estimate of drug-likeness (QED) is 0.674. The van der Waals surface area contributed by atoms with Crippen LogP contribution in [0.2, 0.25) is 0 Å². The topological polar surface area (TPSA) is 58.6 Å². The summed E-state index contributed by atoms with van der Waals surface area (Å²) >= 11 is 0. The van der Waals surface area contributed by atoms with Crippen LogP contribution in [0.3, 0.4) is 0 Å². The fraction of sp³-hybridized carbons (Fsp3) is 0.385. The third-order valence-corrected chi connectivity index (χ3v) is 6.44. The van der Waals surface area contributed by atoms with Gasteiger partial charge in [0.15, 0.2) is 11.6 Å². The summed E-state index contributed by atoms with van der Waals surface area (Å²) in [5.41, 5.74) is 1.21. The van der Waals surface area contributed by atoms with Crippen molar-refractivity contribution < 1.29 is 23.1 Å². The molecule has 0 unspecified atom stereocenters. The molecule has 4 rings (SSSR count). The Bertz CT molecular complexity index is 1020. The van der Waals surface area contributed by atoms with Crippen LogP contribution >= 0.6 is 0 Å². The van der Waals surface area contributed by atoms with Gasteiger partial charge in [0.1, 0.15) is 0 Å². The van der Waals surface area contributed by atoms with Gasteiger partial charge in [-0.25, -0.2) is 8.78 Å². The summed E-state index contributed by atoms with van der Waals surface area (Å²) in [5.74, 6) is -2.04. The number of halogens is 2. The first-order chi connectivity index (χ1) is 15.9. The first-order valence-corrected chi connectivity index (χ1v) is 11.3. The van der Waals surface area contributed by atoms with Crippen LogP contribution in [0.4, 0.5) is 8.78 Å². The van der Waals surface area contributed by atoms with Gasteiger partial charge in [-0.05, 0) is 55.0 Å². The molecule has 2 aliphatic rings. The predicted molar refractivity (Wildman–Crippen MR) is 121 cm³/mol. The minimum Gasteiger partial charge on any atom is -0.370 e. The van der Waals surface area contributed by atoms with Crippen LogP contribution in [0.1, 0.15) is 36.8 Å². The molecule has 2 saturated heterocycles. The highest BCUT2D eigenvalue weighted by Crippen LogP contribution is 2.38. The Balaban J connectivity index is 1.20. The molecule has 1 spiro atoms. The number of amides is 2. The number of carbonyl (C=O) groups is 2. The standard InChI is InChI=1S/C26H28F2N2O3/c27-22-8-6-20(16-23(22)28)7-9-24(31)29-18-21-10-11-26(33-21)12-14-30(15-13-26)25(32)17-19-4-2-1-3-5-19/h1-9,16,21H,10-15,17-18H2,(H,29,31)/b9-7+/t21-/m1/s1. The average Bonchev–Trinajstić information content (AvgIpc) is 3.22. The van der Waals surface area contributed by atoms with Crippen molar-refractivity contribution in [1.29, 1.82) is 0 Å². The van der Waals surface area contributed by atoms with Crippen LogP contribution in [0.25, 0.3) is 6.08 Å². The molecule has 2 amide bonds. The molecule has 2 aromatic rings. The second-order valence-electron chi connectivity index (χ2n) is 8.76. The molecule has 5 nitrogen and oxygen atoms in total. The van der Waals surface area contributed by atoms with Crippen LogP contribution in [-0.2, 0) is 20.7 Å². The fourth-order valence-corrected chi connectivity index (χ4v) is 4.51. The molecule has 2 aromatic carbocycles. The zero-order valence-corrected chi connectivity index (χ0v) is 18.4. The first kappa shape index (κ1) is 23.1. The van der Waals surface area contributed by atoms with E-state index in [1.54, 1.807) is 0 Å². The Morgan fingerprint density at radius 3 is 2.55 bits per heavy atom. The van der Waals surface area contributed by atoms with Crippen molar-refractivity contribution in [2.45, 2.75) is 43.8 Å². The number of carbonyl (C=O) groups excluding carboxylic acids is 2. The van der Waals surface area contributed by atoms with E-state index < -0.39 is 11.6 Å². The molecule has 1 N–H and O–H groups in total. The Morgan fingerprint density at radius 1 is 1.06 bits per heavy atom. The van der Waals surface area contributed by atoms with Crippen LogP contribution in [-0.4, -0.2) is 48.1 Å². The van der Waals surface area contributed by atoms with E-state index in [2.05, 4.69) is 5.32 Å². The summed E-state index contributed by atoms with van der Waals surface area (Å²) in [4.78, 5) is 26.6. The predicted octanol–water partition coefficient (Wildman–Crippen LogP) is 3.88. The molecule has 33 heavy (non-hydrogen) atoms. The number of piperidine rings is 1. The van der Waals surface area contributed by atoms with Crippen molar-refractivity contribution >= 4 is 17.9 Å². The van der Waals surface area contributed by atoms with Crippen molar-refractivity contribution in [3.05, 3.63) is 77.4 Å². The number of hydrogen-bond acceptors (Lipinski definition) is 3. The number of nitrogens with one attached hydrogen (secondary N) is 1. The van der Waals surface area contributed by atoms with Crippen LogP contribution in [0, 0.1) is 11.6 Å². The molecule has 0 bridgehead atoms. The van der Waals surface area contributed by atoms with Crippen molar-refractivity contribution in [1.82, 2.24) is 10.2 Å². The lowest BCUT2D eigenvalue weighted by atomic mass is 9.88. The summed E-state index contributed by atoms with van der Waals surface area (Å²) in [6.07, 6.45) is 6.45. The summed E-state index contributed by atoms with van der Waals surface area (Å²) < 4.78 is 32.5. The van der Waals surface area contributed by atoms with Crippen LogP contribution in [0.15, 0.2) is 54.6 Å². The van der Waals surface area contributed by atoms with Crippen LogP contribution < -0.4 is 5.32 Å². The summed E-state index contributed by atoms with van der Waals surface area (Å²) in [5, 5.41) is 2.81. The Labute approximate surface area is 192 Å². The first-order valence-electron chi connectivity index (χ1n) is 11.3. The Morgan fingerprint density at radius 2 is 1.82 bits per heavy atom. The van der Waals surface area contributed by atoms with Gasteiger partial charge < -0.3 is 15.0 Å². The molecule has 0 aromatic heterocycles. The molecule has 174 valence electrons. The van der Waals surface area contributed by atoms with Crippen molar-refractivity contribution in [2.75, 3.05) is 19.6 Å². The molecular formula is C26H28F2N2O3. The maximum Gasteiger partial charge on any atom is 0.244 e. The van der Waals surface area contributed by atoms with E-state index in [0.717, 1.165) is 43.4 Å². The van der Waals surface area contributed by atoms with Gasteiger partial charge in [-0.1, -0.05) is 36.4 Å². The lowest BCUT2D eigenvalue weighted by molar-refractivity contribution is -0.137. The summed E-state index contributed by atoms with van der Waals surface area (Å²) in [6, 6.07) is 13.2. The van der Waals surface area contributed by atoms with Gasteiger partial charge in [0.2, 0.25) is 11.8 Å². The van der Waals surface area contributed by atoms with Gasteiger partial charge in [-0.3, -0.25) is 9.59 Å². The number of benzene rings is 2. The van der Waals surface area contributed by atoms with Crippen LogP contribution in [0.5, 0.6) is 0 Å². The lowest BCUT2D eigenvalue weighted by Gasteiger charge is -2.39. The van der Waals surface area contributed by atoms with E-state index in [1.165, 1.54) is 18.2 Å². The second-order valence-corrected chi connectivity index (χ2v) is 8.76. The minimum atomic E-state index is -0.949. The summed E-state index contributed by atoms with van der Waals surface area (Å²) in [6.45, 7) is 1.75. The number of ether oxygens (including phenoxy) is 1. The molecule has 0 saturated carbocycles. The molecule has 7 heteroatoms. The van der Waals surface area contributed by atoms with E-state index in [4.69, 9.17) is 4.74 Å². The lowest BCUT2D eigenvalue weighted by Crippen LogP contribution is -2.47. The molecular weight excluding hydrogens is 426 g/mol. The molecule has 1 atom stereocenters. The van der Waals surface area contributed by atoms with E-state index in [0.29, 0.717) is 31.6 Å². The number of likely N-dealkylation sites (tertiary alicyclic amines) is 1. The average molecular weight is 455 g/mol. The summed E-state index contributed by atoms with van der Waals surface area (Å²) in [7, 11) is 0. The number of hydrogen-bond donors (Lipinski definition) is 1.